The van der Waals surface area contributed by atoms with Gasteiger partial charge < -0.3 is 5.11 Å². The van der Waals surface area contributed by atoms with Crippen molar-refractivity contribution >= 4 is 16.9 Å². The SMILES string of the molecule is C=CCc1ccc2cccc(C(=O)O)c2n1. The lowest BCUT2D eigenvalue weighted by Crippen LogP contribution is -2.00. The lowest BCUT2D eigenvalue weighted by molar-refractivity contribution is 0.0699. The molecule has 16 heavy (non-hydrogen) atoms. The van der Waals surface area contributed by atoms with Crippen molar-refractivity contribution in [1.82, 2.24) is 4.98 Å². The number of nitrogens with zero attached hydrogens (tertiary/aromatic N) is 1. The molecule has 0 atom stereocenters. The fraction of sp³-hybridized carbons (Fsp3) is 0.0769. The van der Waals surface area contributed by atoms with Crippen LogP contribution >= 0.6 is 0 Å². The summed E-state index contributed by atoms with van der Waals surface area (Å²) in [5.74, 6) is -0.950. The van der Waals surface area contributed by atoms with E-state index in [0.717, 1.165) is 11.1 Å². The average molecular weight is 213 g/mol. The van der Waals surface area contributed by atoms with E-state index in [-0.39, 0.29) is 5.56 Å². The second-order valence-electron chi connectivity index (χ2n) is 3.48. The van der Waals surface area contributed by atoms with E-state index in [1.807, 2.05) is 18.2 Å². The van der Waals surface area contributed by atoms with Crippen molar-refractivity contribution in [3.63, 3.8) is 0 Å². The fourth-order valence-corrected chi connectivity index (χ4v) is 1.62. The number of carbonyl (C=O) groups is 1. The molecule has 3 heteroatoms. The van der Waals surface area contributed by atoms with Gasteiger partial charge >= 0.3 is 5.97 Å². The van der Waals surface area contributed by atoms with E-state index >= 15 is 0 Å². The maximum absolute atomic E-state index is 11.0. The number of aromatic nitrogens is 1. The van der Waals surface area contributed by atoms with E-state index < -0.39 is 5.97 Å². The number of pyridine rings is 1. The van der Waals surface area contributed by atoms with Crippen LogP contribution in [0.4, 0.5) is 0 Å². The van der Waals surface area contributed by atoms with Gasteiger partial charge in [0.15, 0.2) is 0 Å². The van der Waals surface area contributed by atoms with Gasteiger partial charge in [-0.2, -0.15) is 0 Å². The first-order valence-electron chi connectivity index (χ1n) is 4.95. The quantitative estimate of drug-likeness (QED) is 0.797. The summed E-state index contributed by atoms with van der Waals surface area (Å²) in [6, 6.07) is 8.91. The summed E-state index contributed by atoms with van der Waals surface area (Å²) in [7, 11) is 0. The van der Waals surface area contributed by atoms with Crippen LogP contribution < -0.4 is 0 Å². The van der Waals surface area contributed by atoms with E-state index in [4.69, 9.17) is 5.11 Å². The third-order valence-corrected chi connectivity index (χ3v) is 2.36. The summed E-state index contributed by atoms with van der Waals surface area (Å²) in [6.45, 7) is 3.64. The molecule has 0 radical (unpaired) electrons. The lowest BCUT2D eigenvalue weighted by Gasteiger charge is -2.03. The number of para-hydroxylation sites is 1. The van der Waals surface area contributed by atoms with Gasteiger partial charge in [-0.25, -0.2) is 4.79 Å². The Hall–Kier alpha value is -2.16. The summed E-state index contributed by atoms with van der Waals surface area (Å²) >= 11 is 0. The van der Waals surface area contributed by atoms with Gasteiger partial charge in [-0.05, 0) is 12.1 Å². The Bertz CT molecular complexity index is 561. The molecule has 0 bridgehead atoms. The van der Waals surface area contributed by atoms with Gasteiger partial charge in [0.25, 0.3) is 0 Å². The maximum atomic E-state index is 11.0. The zero-order valence-corrected chi connectivity index (χ0v) is 8.68. The smallest absolute Gasteiger partial charge is 0.337 e. The van der Waals surface area contributed by atoms with Gasteiger partial charge in [-0.15, -0.1) is 6.58 Å². The number of benzene rings is 1. The Balaban J connectivity index is 2.68. The number of hydrogen-bond acceptors (Lipinski definition) is 2. The molecule has 0 unspecified atom stereocenters. The Morgan fingerprint density at radius 1 is 1.38 bits per heavy atom. The Kier molecular flexibility index (Phi) is 2.68. The highest BCUT2D eigenvalue weighted by Gasteiger charge is 2.09. The monoisotopic (exact) mass is 213 g/mol. The zero-order valence-electron chi connectivity index (χ0n) is 8.68. The summed E-state index contributed by atoms with van der Waals surface area (Å²) < 4.78 is 0. The normalized spacial score (nSPS) is 10.2. The van der Waals surface area contributed by atoms with Gasteiger partial charge in [-0.1, -0.05) is 24.3 Å². The number of allylic oxidation sites excluding steroid dienone is 1. The van der Waals surface area contributed by atoms with Crippen molar-refractivity contribution in [3.8, 4) is 0 Å². The molecule has 2 rings (SSSR count). The minimum absolute atomic E-state index is 0.239. The van der Waals surface area contributed by atoms with Crippen LogP contribution in [0.25, 0.3) is 10.9 Å². The second-order valence-corrected chi connectivity index (χ2v) is 3.48. The number of rotatable bonds is 3. The van der Waals surface area contributed by atoms with E-state index in [2.05, 4.69) is 11.6 Å². The molecule has 80 valence electrons. The van der Waals surface area contributed by atoms with Crippen LogP contribution in [0.15, 0.2) is 43.0 Å². The van der Waals surface area contributed by atoms with Crippen molar-refractivity contribution in [3.05, 3.63) is 54.2 Å². The van der Waals surface area contributed by atoms with Crippen LogP contribution in [0.5, 0.6) is 0 Å². The molecule has 0 spiro atoms. The molecule has 1 N–H and O–H groups in total. The second kappa shape index (κ2) is 4.14. The van der Waals surface area contributed by atoms with Crippen molar-refractivity contribution in [1.29, 1.82) is 0 Å². The third kappa shape index (κ3) is 1.80. The summed E-state index contributed by atoms with van der Waals surface area (Å²) in [4.78, 5) is 15.4. The molecule has 0 saturated carbocycles. The van der Waals surface area contributed by atoms with Crippen LogP contribution in [-0.2, 0) is 6.42 Å². The Labute approximate surface area is 93.1 Å². The molecule has 0 aliphatic rings. The van der Waals surface area contributed by atoms with Crippen LogP contribution in [0.1, 0.15) is 16.1 Å². The Morgan fingerprint density at radius 2 is 2.19 bits per heavy atom. The van der Waals surface area contributed by atoms with Crippen molar-refractivity contribution in [2.75, 3.05) is 0 Å². The Morgan fingerprint density at radius 3 is 2.88 bits per heavy atom. The highest BCUT2D eigenvalue weighted by atomic mass is 16.4. The molecule has 0 aliphatic carbocycles. The van der Waals surface area contributed by atoms with Gasteiger partial charge in [0.1, 0.15) is 0 Å². The first-order chi connectivity index (χ1) is 7.72. The highest BCUT2D eigenvalue weighted by Crippen LogP contribution is 2.17. The molecule has 0 saturated heterocycles. The molecule has 1 aromatic heterocycles. The molecular formula is C13H11NO2. The van der Waals surface area contributed by atoms with E-state index in [1.54, 1.807) is 18.2 Å². The topological polar surface area (TPSA) is 50.2 Å². The number of carboxylic acids is 1. The minimum Gasteiger partial charge on any atom is -0.478 e. The largest absolute Gasteiger partial charge is 0.478 e. The predicted octanol–water partition coefficient (Wildman–Crippen LogP) is 2.66. The number of aromatic carboxylic acids is 1. The molecule has 3 nitrogen and oxygen atoms in total. The first-order valence-corrected chi connectivity index (χ1v) is 4.95. The van der Waals surface area contributed by atoms with Gasteiger partial charge in [0, 0.05) is 17.5 Å². The number of carboxylic acid groups (broad SMARTS) is 1. The van der Waals surface area contributed by atoms with Gasteiger partial charge in [0.2, 0.25) is 0 Å². The van der Waals surface area contributed by atoms with Gasteiger partial charge in [-0.3, -0.25) is 4.98 Å². The molecule has 0 amide bonds. The number of fused-ring (bicyclic) bond motifs is 1. The standard InChI is InChI=1S/C13H11NO2/c1-2-4-10-8-7-9-5-3-6-11(13(15)16)12(9)14-10/h2-3,5-8H,1,4H2,(H,15,16). The minimum atomic E-state index is -0.950. The van der Waals surface area contributed by atoms with E-state index in [1.165, 1.54) is 0 Å². The predicted molar refractivity (Wildman–Crippen MR) is 62.6 cm³/mol. The maximum Gasteiger partial charge on any atom is 0.337 e. The fourth-order valence-electron chi connectivity index (χ4n) is 1.62. The van der Waals surface area contributed by atoms with Crippen molar-refractivity contribution in [2.45, 2.75) is 6.42 Å². The highest BCUT2D eigenvalue weighted by molar-refractivity contribution is 6.01. The van der Waals surface area contributed by atoms with E-state index in [0.29, 0.717) is 11.9 Å². The van der Waals surface area contributed by atoms with Crippen LogP contribution in [0.3, 0.4) is 0 Å². The summed E-state index contributed by atoms with van der Waals surface area (Å²) in [5.41, 5.74) is 1.61. The van der Waals surface area contributed by atoms with Crippen LogP contribution in [-0.4, -0.2) is 16.1 Å². The molecular weight excluding hydrogens is 202 g/mol. The summed E-state index contributed by atoms with van der Waals surface area (Å²) in [5, 5.41) is 9.88. The zero-order chi connectivity index (χ0) is 11.5. The molecule has 2 aromatic rings. The molecule has 0 fully saturated rings. The van der Waals surface area contributed by atoms with Crippen LogP contribution in [0.2, 0.25) is 0 Å². The summed E-state index contributed by atoms with van der Waals surface area (Å²) in [6.07, 6.45) is 2.39. The van der Waals surface area contributed by atoms with Crippen LogP contribution in [0, 0.1) is 0 Å². The van der Waals surface area contributed by atoms with Gasteiger partial charge in [0.05, 0.1) is 11.1 Å². The van der Waals surface area contributed by atoms with E-state index in [9.17, 15) is 4.79 Å². The third-order valence-electron chi connectivity index (χ3n) is 2.36. The lowest BCUT2D eigenvalue weighted by atomic mass is 10.1. The molecule has 1 aromatic carbocycles. The van der Waals surface area contributed by atoms with Crippen molar-refractivity contribution in [2.24, 2.45) is 0 Å². The number of hydrogen-bond donors (Lipinski definition) is 1. The first kappa shape index (κ1) is 10.4. The molecule has 0 aliphatic heterocycles. The molecule has 1 heterocycles. The van der Waals surface area contributed by atoms with Crippen molar-refractivity contribution < 1.29 is 9.90 Å². The average Bonchev–Trinajstić information content (AvgIpc) is 2.28.